The molecule has 266 valence electrons. The van der Waals surface area contributed by atoms with Crippen molar-refractivity contribution in [1.82, 2.24) is 4.90 Å². The van der Waals surface area contributed by atoms with Crippen LogP contribution in [0.4, 0.5) is 4.79 Å². The summed E-state index contributed by atoms with van der Waals surface area (Å²) in [7, 11) is 1.97. The molecule has 2 bridgehead atoms. The predicted octanol–water partition coefficient (Wildman–Crippen LogP) is 4.17. The molecule has 3 heterocycles. The Hall–Kier alpha value is -4.46. The van der Waals surface area contributed by atoms with Gasteiger partial charge >= 0.3 is 24.1 Å². The fraction of sp³-hybridized carbons (Fsp3) is 0.514. The molecule has 0 unspecified atom stereocenters. The van der Waals surface area contributed by atoms with Crippen LogP contribution in [0.3, 0.4) is 0 Å². The van der Waals surface area contributed by atoms with Gasteiger partial charge in [-0.05, 0) is 64.9 Å². The van der Waals surface area contributed by atoms with E-state index in [4.69, 9.17) is 33.2 Å². The number of carbonyl (C=O) groups is 4. The van der Waals surface area contributed by atoms with Crippen LogP contribution in [0.1, 0.15) is 76.7 Å². The Morgan fingerprint density at radius 1 is 1.08 bits per heavy atom. The van der Waals surface area contributed by atoms with Gasteiger partial charge in [0.1, 0.15) is 11.4 Å². The zero-order valence-corrected chi connectivity index (χ0v) is 28.8. The van der Waals surface area contributed by atoms with E-state index < -0.39 is 71.2 Å². The predicted molar refractivity (Wildman–Crippen MR) is 173 cm³/mol. The smallest absolute Gasteiger partial charge is 0.477 e. The number of benzene rings is 2. The molecule has 3 aliphatic heterocycles. The summed E-state index contributed by atoms with van der Waals surface area (Å²) in [5.41, 5.74) is -1.16. The quantitative estimate of drug-likeness (QED) is 0.251. The molecule has 7 rings (SSSR count). The number of cyclic esters (lactones) is 1. The molecule has 0 amide bonds. The fourth-order valence-electron chi connectivity index (χ4n) is 8.10. The molecule has 2 saturated heterocycles. The minimum absolute atomic E-state index is 0.124. The number of nitrogens with zero attached hydrogens (tertiary/aromatic N) is 1. The largest absolute Gasteiger partial charge is 0.514 e. The van der Waals surface area contributed by atoms with Crippen molar-refractivity contribution in [3.8, 4) is 11.5 Å². The number of hydrogen-bond acceptors (Lipinski definition) is 13. The Bertz CT molecular complexity index is 1780. The minimum Gasteiger partial charge on any atom is -0.477 e. The van der Waals surface area contributed by atoms with Crippen LogP contribution < -0.4 is 9.47 Å². The van der Waals surface area contributed by atoms with Crippen LogP contribution in [-0.2, 0) is 49.9 Å². The van der Waals surface area contributed by atoms with Crippen molar-refractivity contribution in [2.45, 2.75) is 107 Å². The molecule has 2 aromatic carbocycles. The summed E-state index contributed by atoms with van der Waals surface area (Å²) in [6.07, 6.45) is -2.28. The molecule has 13 heteroatoms. The first-order chi connectivity index (χ1) is 23.5. The van der Waals surface area contributed by atoms with Crippen LogP contribution in [0.2, 0.25) is 0 Å². The van der Waals surface area contributed by atoms with Crippen LogP contribution in [0.25, 0.3) is 0 Å². The number of esters is 3. The standard InChI is InChI=1S/C37H41NO12/c1-34(2,3)50-33(42)45-22-13-12-21-18-25-37(43)15-14-23(30-36(37,16-17-38(25)6)27(21)29(22)47-30)44-32(41)28(20-10-8-7-9-11-20)46-26(39)19-24-31(40)49-35(4,5)48-24/h7-14,24-25,28,30,43H,15-19H2,1-6H3/t24-,25-,28-,30-,36-,37+/m0/s1. The summed E-state index contributed by atoms with van der Waals surface area (Å²) < 4.78 is 40.1. The van der Waals surface area contributed by atoms with Gasteiger partial charge in [-0.15, -0.1) is 0 Å². The molecular formula is C37H41NO12. The average molecular weight is 692 g/mol. The second-order valence-corrected chi connectivity index (χ2v) is 15.0. The summed E-state index contributed by atoms with van der Waals surface area (Å²) in [6, 6.07) is 11.6. The maximum Gasteiger partial charge on any atom is 0.514 e. The van der Waals surface area contributed by atoms with E-state index in [1.807, 2.05) is 13.1 Å². The minimum atomic E-state index is -1.50. The van der Waals surface area contributed by atoms with Gasteiger partial charge < -0.3 is 43.2 Å². The lowest BCUT2D eigenvalue weighted by Crippen LogP contribution is -2.74. The maximum absolute atomic E-state index is 14.0. The molecule has 1 N–H and O–H groups in total. The highest BCUT2D eigenvalue weighted by atomic mass is 16.8. The molecule has 5 aliphatic rings. The second-order valence-electron chi connectivity index (χ2n) is 15.0. The Morgan fingerprint density at radius 3 is 2.50 bits per heavy atom. The third-order valence-corrected chi connectivity index (χ3v) is 10.1. The van der Waals surface area contributed by atoms with E-state index in [-0.39, 0.29) is 29.7 Å². The number of likely N-dealkylation sites (tertiary alicyclic amines) is 1. The first kappa shape index (κ1) is 34.0. The van der Waals surface area contributed by atoms with Crippen LogP contribution in [-0.4, -0.2) is 82.9 Å². The molecule has 0 saturated carbocycles. The van der Waals surface area contributed by atoms with E-state index in [0.29, 0.717) is 24.9 Å². The number of aliphatic hydroxyl groups is 1. The molecule has 50 heavy (non-hydrogen) atoms. The van der Waals surface area contributed by atoms with Crippen molar-refractivity contribution >= 4 is 24.1 Å². The monoisotopic (exact) mass is 691 g/mol. The van der Waals surface area contributed by atoms with Crippen LogP contribution in [0, 0.1) is 0 Å². The van der Waals surface area contributed by atoms with Gasteiger partial charge in [0.25, 0.3) is 0 Å². The number of carbonyl (C=O) groups excluding carboxylic acids is 4. The van der Waals surface area contributed by atoms with Gasteiger partial charge in [0.05, 0.1) is 17.4 Å². The van der Waals surface area contributed by atoms with Crippen molar-refractivity contribution in [2.24, 2.45) is 0 Å². The van der Waals surface area contributed by atoms with Crippen molar-refractivity contribution in [3.05, 3.63) is 71.0 Å². The van der Waals surface area contributed by atoms with Gasteiger partial charge in [-0.3, -0.25) is 4.79 Å². The number of hydrogen-bond donors (Lipinski definition) is 1. The van der Waals surface area contributed by atoms with E-state index in [0.717, 1.165) is 11.1 Å². The van der Waals surface area contributed by atoms with E-state index >= 15 is 0 Å². The Labute approximate surface area is 289 Å². The summed E-state index contributed by atoms with van der Waals surface area (Å²) >= 11 is 0. The van der Waals surface area contributed by atoms with Crippen molar-refractivity contribution in [1.29, 1.82) is 0 Å². The molecule has 2 aliphatic carbocycles. The highest BCUT2D eigenvalue weighted by Crippen LogP contribution is 2.65. The Morgan fingerprint density at radius 2 is 1.82 bits per heavy atom. The highest BCUT2D eigenvalue weighted by Gasteiger charge is 2.72. The molecule has 2 fully saturated rings. The first-order valence-corrected chi connectivity index (χ1v) is 16.7. The van der Waals surface area contributed by atoms with Crippen molar-refractivity contribution in [2.75, 3.05) is 13.6 Å². The van der Waals surface area contributed by atoms with Crippen LogP contribution in [0.5, 0.6) is 11.5 Å². The SMILES string of the molecule is CN1CC[C@]23c4c5ccc(OC(=O)OC(C)(C)C)c4O[C@H]2C(OC(=O)[C@@H](OC(=O)C[C@@H]2OC(C)(C)OC2=O)c2ccccc2)=CC[C@@]3(O)[C@@H]1C5. The third kappa shape index (κ3) is 5.61. The summed E-state index contributed by atoms with van der Waals surface area (Å²) in [4.78, 5) is 54.4. The molecule has 6 atom stereocenters. The molecular weight excluding hydrogens is 650 g/mol. The van der Waals surface area contributed by atoms with Gasteiger partial charge in [0, 0.05) is 37.4 Å². The summed E-state index contributed by atoms with van der Waals surface area (Å²) in [5.74, 6) is -3.14. The lowest BCUT2D eigenvalue weighted by molar-refractivity contribution is -0.178. The van der Waals surface area contributed by atoms with E-state index in [2.05, 4.69) is 4.90 Å². The van der Waals surface area contributed by atoms with Crippen LogP contribution in [0.15, 0.2) is 54.3 Å². The average Bonchev–Trinajstić information content (AvgIpc) is 3.51. The molecule has 0 aromatic heterocycles. The fourth-order valence-corrected chi connectivity index (χ4v) is 8.10. The number of likely N-dealkylation sites (N-methyl/N-ethyl adjacent to an activating group) is 1. The summed E-state index contributed by atoms with van der Waals surface area (Å²) in [5, 5.41) is 12.6. The lowest BCUT2D eigenvalue weighted by Gasteiger charge is -2.61. The van der Waals surface area contributed by atoms with Gasteiger partial charge in [-0.2, -0.15) is 0 Å². The van der Waals surface area contributed by atoms with Crippen molar-refractivity contribution < 1.29 is 57.4 Å². The zero-order valence-electron chi connectivity index (χ0n) is 28.8. The number of rotatable bonds is 7. The number of ether oxygens (including phenoxy) is 7. The molecule has 2 aromatic rings. The van der Waals surface area contributed by atoms with Gasteiger partial charge in [-0.1, -0.05) is 36.4 Å². The second kappa shape index (κ2) is 11.8. The van der Waals surface area contributed by atoms with E-state index in [9.17, 15) is 24.3 Å². The molecule has 1 spiro atoms. The van der Waals surface area contributed by atoms with E-state index in [1.54, 1.807) is 77.1 Å². The normalized spacial score (nSPS) is 29.5. The maximum atomic E-state index is 14.0. The summed E-state index contributed by atoms with van der Waals surface area (Å²) in [6.45, 7) is 8.91. The third-order valence-electron chi connectivity index (χ3n) is 10.1. The highest BCUT2D eigenvalue weighted by molar-refractivity contribution is 5.86. The van der Waals surface area contributed by atoms with Gasteiger partial charge in [-0.25, -0.2) is 14.4 Å². The topological polar surface area (TPSA) is 156 Å². The lowest BCUT2D eigenvalue weighted by atomic mass is 9.50. The molecule has 13 nitrogen and oxygen atoms in total. The molecule has 0 radical (unpaired) electrons. The zero-order chi connectivity index (χ0) is 35.8. The Kier molecular flexibility index (Phi) is 8.04. The van der Waals surface area contributed by atoms with Crippen LogP contribution >= 0.6 is 0 Å². The van der Waals surface area contributed by atoms with Gasteiger partial charge in [0.15, 0.2) is 23.7 Å². The van der Waals surface area contributed by atoms with Crippen molar-refractivity contribution in [3.63, 3.8) is 0 Å². The first-order valence-electron chi connectivity index (χ1n) is 16.7. The van der Waals surface area contributed by atoms with E-state index in [1.165, 1.54) is 0 Å². The van der Waals surface area contributed by atoms with Gasteiger partial charge in [0.2, 0.25) is 11.9 Å². The number of piperidine rings is 1. The Balaban J connectivity index is 1.20.